The Labute approximate surface area is 201 Å². The highest BCUT2D eigenvalue weighted by Crippen LogP contribution is 2.45. The van der Waals surface area contributed by atoms with Gasteiger partial charge in [-0.2, -0.15) is 0 Å². The van der Waals surface area contributed by atoms with Crippen molar-refractivity contribution in [2.24, 2.45) is 0 Å². The lowest BCUT2D eigenvalue weighted by molar-refractivity contribution is 0.00578. The van der Waals surface area contributed by atoms with Gasteiger partial charge in [-0.3, -0.25) is 0 Å². The lowest BCUT2D eigenvalue weighted by atomic mass is 9.58. The van der Waals surface area contributed by atoms with Crippen molar-refractivity contribution < 1.29 is 18.6 Å². The van der Waals surface area contributed by atoms with Gasteiger partial charge in [-0.25, -0.2) is 0 Å². The van der Waals surface area contributed by atoms with Gasteiger partial charge in [0, 0.05) is 12.0 Å². The molecular weight excluding hydrogens is 412 g/mol. The Hall–Kier alpha value is -0.850. The summed E-state index contributed by atoms with van der Waals surface area (Å²) < 4.78 is 26.2. The average Bonchev–Trinajstić information content (AvgIpc) is 3.23. The zero-order chi connectivity index (χ0) is 24.0. The first kappa shape index (κ1) is 23.9. The Morgan fingerprint density at radius 1 is 0.727 bits per heavy atom. The molecule has 180 valence electrons. The fraction of sp³-hybridized carbons (Fsp3) is 0.769. The first-order valence-electron chi connectivity index (χ1n) is 12.7. The predicted molar refractivity (Wildman–Crippen MR) is 135 cm³/mol. The van der Waals surface area contributed by atoms with Crippen LogP contribution < -0.4 is 10.9 Å². The SMILES string of the molecule is CN1CCC2(CCCc3c(B4OC(C)(C)C(C)(C)O4)ccc(B4OC(C)(C)C(C)(C)O4)c32)C1. The molecular formula is C26H41B2NO4. The fourth-order valence-electron chi connectivity index (χ4n) is 6.15. The molecule has 1 aromatic carbocycles. The van der Waals surface area contributed by atoms with Crippen molar-refractivity contribution in [2.45, 2.75) is 109 Å². The standard InChI is InChI=1S/C26H41B2NO4/c1-22(2)23(3,4)31-27(30-22)19-12-13-20(28-32-24(5,6)25(7,8)33-28)21-18(19)11-10-14-26(21)15-16-29(9)17-26/h12-13H,10-11,14-17H2,1-9H3. The van der Waals surface area contributed by atoms with Gasteiger partial charge in [-0.15, -0.1) is 0 Å². The summed E-state index contributed by atoms with van der Waals surface area (Å²) in [5, 5.41) is 0. The normalized spacial score (nSPS) is 32.0. The second-order valence-corrected chi connectivity index (χ2v) is 12.9. The molecule has 0 saturated carbocycles. The third-order valence-electron chi connectivity index (χ3n) is 9.55. The largest absolute Gasteiger partial charge is 0.495 e. The number of fused-ring (bicyclic) bond motifs is 2. The lowest BCUT2D eigenvalue weighted by Crippen LogP contribution is -2.50. The monoisotopic (exact) mass is 453 g/mol. The van der Waals surface area contributed by atoms with E-state index in [0.29, 0.717) is 0 Å². The van der Waals surface area contributed by atoms with Crippen molar-refractivity contribution in [1.82, 2.24) is 4.90 Å². The molecule has 4 aliphatic rings. The molecule has 0 bridgehead atoms. The van der Waals surface area contributed by atoms with Crippen molar-refractivity contribution >= 4 is 25.2 Å². The second kappa shape index (κ2) is 7.33. The summed E-state index contributed by atoms with van der Waals surface area (Å²) >= 11 is 0. The molecule has 1 atom stereocenters. The molecule has 1 unspecified atom stereocenters. The van der Waals surface area contributed by atoms with Crippen molar-refractivity contribution in [1.29, 1.82) is 0 Å². The Kier molecular flexibility index (Phi) is 5.30. The van der Waals surface area contributed by atoms with E-state index in [9.17, 15) is 0 Å². The third kappa shape index (κ3) is 3.57. The first-order valence-corrected chi connectivity index (χ1v) is 12.7. The molecule has 3 heterocycles. The Balaban J connectivity index is 1.64. The molecule has 3 aliphatic heterocycles. The highest BCUT2D eigenvalue weighted by atomic mass is 16.7. The molecule has 1 aromatic rings. The number of rotatable bonds is 2. The van der Waals surface area contributed by atoms with Gasteiger partial charge in [-0.05, 0) is 117 Å². The van der Waals surface area contributed by atoms with Crippen LogP contribution >= 0.6 is 0 Å². The summed E-state index contributed by atoms with van der Waals surface area (Å²) in [5.41, 5.74) is 3.97. The molecule has 3 saturated heterocycles. The van der Waals surface area contributed by atoms with E-state index in [1.165, 1.54) is 41.3 Å². The van der Waals surface area contributed by atoms with Gasteiger partial charge in [0.2, 0.25) is 0 Å². The van der Waals surface area contributed by atoms with Crippen molar-refractivity contribution in [3.63, 3.8) is 0 Å². The average molecular weight is 453 g/mol. The summed E-state index contributed by atoms with van der Waals surface area (Å²) in [6, 6.07) is 4.46. The van der Waals surface area contributed by atoms with Crippen molar-refractivity contribution in [2.75, 3.05) is 20.1 Å². The minimum atomic E-state index is -0.358. The maximum absolute atomic E-state index is 6.58. The maximum Gasteiger partial charge on any atom is 0.495 e. The molecule has 0 radical (unpaired) electrons. The Bertz CT molecular complexity index is 928. The van der Waals surface area contributed by atoms with E-state index in [1.54, 1.807) is 0 Å². The smallest absolute Gasteiger partial charge is 0.399 e. The highest BCUT2D eigenvalue weighted by molar-refractivity contribution is 6.65. The topological polar surface area (TPSA) is 40.2 Å². The molecule has 5 rings (SSSR count). The summed E-state index contributed by atoms with van der Waals surface area (Å²) in [5.74, 6) is 0. The van der Waals surface area contributed by atoms with E-state index >= 15 is 0 Å². The third-order valence-corrected chi connectivity index (χ3v) is 9.55. The van der Waals surface area contributed by atoms with Gasteiger partial charge < -0.3 is 23.5 Å². The minimum Gasteiger partial charge on any atom is -0.399 e. The Morgan fingerprint density at radius 2 is 1.21 bits per heavy atom. The van der Waals surface area contributed by atoms with E-state index in [4.69, 9.17) is 18.6 Å². The van der Waals surface area contributed by atoms with E-state index in [-0.39, 0.29) is 42.1 Å². The van der Waals surface area contributed by atoms with Crippen LogP contribution in [0.3, 0.4) is 0 Å². The number of benzene rings is 1. The highest BCUT2D eigenvalue weighted by Gasteiger charge is 2.56. The number of hydrogen-bond acceptors (Lipinski definition) is 5. The fourth-order valence-corrected chi connectivity index (χ4v) is 6.15. The van der Waals surface area contributed by atoms with E-state index in [2.05, 4.69) is 79.5 Å². The molecule has 3 fully saturated rings. The van der Waals surface area contributed by atoms with E-state index < -0.39 is 0 Å². The molecule has 5 nitrogen and oxygen atoms in total. The first-order chi connectivity index (χ1) is 15.2. The number of likely N-dealkylation sites (N-methyl/N-ethyl adjacent to an activating group) is 1. The Morgan fingerprint density at radius 3 is 1.70 bits per heavy atom. The number of hydrogen-bond donors (Lipinski definition) is 0. The van der Waals surface area contributed by atoms with Crippen LogP contribution in [0.15, 0.2) is 12.1 Å². The molecule has 1 aliphatic carbocycles. The zero-order valence-corrected chi connectivity index (χ0v) is 22.1. The van der Waals surface area contributed by atoms with Crippen LogP contribution in [0.25, 0.3) is 0 Å². The van der Waals surface area contributed by atoms with Gasteiger partial charge in [0.1, 0.15) is 0 Å². The van der Waals surface area contributed by atoms with Crippen LogP contribution in [-0.4, -0.2) is 61.7 Å². The van der Waals surface area contributed by atoms with Crippen LogP contribution in [0.5, 0.6) is 0 Å². The van der Waals surface area contributed by atoms with E-state index in [0.717, 1.165) is 19.5 Å². The van der Waals surface area contributed by atoms with Crippen LogP contribution in [0.2, 0.25) is 0 Å². The van der Waals surface area contributed by atoms with Crippen LogP contribution in [-0.2, 0) is 30.5 Å². The summed E-state index contributed by atoms with van der Waals surface area (Å²) in [6.45, 7) is 19.3. The summed E-state index contributed by atoms with van der Waals surface area (Å²) in [7, 11) is 1.55. The summed E-state index contributed by atoms with van der Waals surface area (Å²) in [6.07, 6.45) is 4.63. The lowest BCUT2D eigenvalue weighted by Gasteiger charge is -2.39. The zero-order valence-electron chi connectivity index (χ0n) is 22.1. The second-order valence-electron chi connectivity index (χ2n) is 12.9. The van der Waals surface area contributed by atoms with Crippen molar-refractivity contribution in [3.05, 3.63) is 23.3 Å². The minimum absolute atomic E-state index is 0.140. The predicted octanol–water partition coefficient (Wildman–Crippen LogP) is 3.19. The van der Waals surface area contributed by atoms with E-state index in [1.807, 2.05) is 0 Å². The van der Waals surface area contributed by atoms with Gasteiger partial charge in [0.05, 0.1) is 22.4 Å². The van der Waals surface area contributed by atoms with Crippen LogP contribution in [0.1, 0.15) is 85.8 Å². The van der Waals surface area contributed by atoms with Gasteiger partial charge >= 0.3 is 14.2 Å². The van der Waals surface area contributed by atoms with Crippen LogP contribution in [0.4, 0.5) is 0 Å². The van der Waals surface area contributed by atoms with Gasteiger partial charge in [0.15, 0.2) is 0 Å². The van der Waals surface area contributed by atoms with Crippen LogP contribution in [0, 0.1) is 0 Å². The molecule has 0 aromatic heterocycles. The molecule has 1 spiro atoms. The summed E-state index contributed by atoms with van der Waals surface area (Å²) in [4.78, 5) is 2.48. The van der Waals surface area contributed by atoms with Crippen molar-refractivity contribution in [3.8, 4) is 0 Å². The molecule has 7 heteroatoms. The number of nitrogens with zero attached hydrogens (tertiary/aromatic N) is 1. The van der Waals surface area contributed by atoms with Gasteiger partial charge in [-0.1, -0.05) is 12.1 Å². The molecule has 33 heavy (non-hydrogen) atoms. The van der Waals surface area contributed by atoms with Gasteiger partial charge in [0.25, 0.3) is 0 Å². The maximum atomic E-state index is 6.58. The molecule has 0 N–H and O–H groups in total. The quantitative estimate of drug-likeness (QED) is 0.644. The number of likely N-dealkylation sites (tertiary alicyclic amines) is 1. The molecule has 0 amide bonds.